The van der Waals surface area contributed by atoms with Crippen LogP contribution < -0.4 is 15.8 Å². The van der Waals surface area contributed by atoms with Gasteiger partial charge in [-0.05, 0) is 13.0 Å². The van der Waals surface area contributed by atoms with Crippen LogP contribution in [0.1, 0.15) is 12.5 Å². The molecule has 0 radical (unpaired) electrons. The van der Waals surface area contributed by atoms with Crippen molar-refractivity contribution in [2.45, 2.75) is 6.92 Å². The molecule has 0 aromatic carbocycles. The first-order valence-electron chi connectivity index (χ1n) is 5.37. The highest BCUT2D eigenvalue weighted by Gasteiger charge is 1.96. The number of carbonyl (C=O) groups is 1. The predicted molar refractivity (Wildman–Crippen MR) is 64.3 cm³/mol. The number of amides is 1. The molecule has 1 amide bonds. The number of ether oxygens (including phenoxy) is 1. The third-order valence-corrected chi connectivity index (χ3v) is 1.79. The lowest BCUT2D eigenvalue weighted by atomic mass is 10.3. The Balaban J connectivity index is 2.50. The smallest absolute Gasteiger partial charge is 0.316 e. The molecule has 3 N–H and O–H groups in total. The number of hydrogen-bond donors (Lipinski definition) is 2. The first-order valence-corrected chi connectivity index (χ1v) is 5.37. The number of rotatable bonds is 6. The van der Waals surface area contributed by atoms with Crippen molar-refractivity contribution in [1.29, 1.82) is 0 Å². The van der Waals surface area contributed by atoms with E-state index in [1.54, 1.807) is 18.5 Å². The Morgan fingerprint density at radius 1 is 1.53 bits per heavy atom. The van der Waals surface area contributed by atoms with E-state index in [0.29, 0.717) is 25.7 Å². The van der Waals surface area contributed by atoms with E-state index in [9.17, 15) is 4.79 Å². The highest BCUT2D eigenvalue weighted by Crippen LogP contribution is 2.03. The van der Waals surface area contributed by atoms with Crippen LogP contribution in [0.5, 0.6) is 6.01 Å². The van der Waals surface area contributed by atoms with Crippen LogP contribution in [0.15, 0.2) is 18.5 Å². The van der Waals surface area contributed by atoms with Gasteiger partial charge in [0.1, 0.15) is 0 Å². The Kier molecular flexibility index (Phi) is 5.67. The topological polar surface area (TPSA) is 90.1 Å². The van der Waals surface area contributed by atoms with Gasteiger partial charge in [0, 0.05) is 37.1 Å². The lowest BCUT2D eigenvalue weighted by Crippen LogP contribution is -2.27. The Morgan fingerprint density at radius 3 is 2.82 bits per heavy atom. The lowest BCUT2D eigenvalue weighted by Gasteiger charge is -2.00. The molecule has 0 unspecified atom stereocenters. The van der Waals surface area contributed by atoms with E-state index < -0.39 is 0 Å². The molecule has 0 aliphatic rings. The maximum Gasteiger partial charge on any atom is 0.316 e. The van der Waals surface area contributed by atoms with Crippen molar-refractivity contribution in [3.8, 4) is 6.01 Å². The van der Waals surface area contributed by atoms with Gasteiger partial charge in [0.15, 0.2) is 0 Å². The molecule has 17 heavy (non-hydrogen) atoms. The van der Waals surface area contributed by atoms with Gasteiger partial charge in [0.05, 0.1) is 6.61 Å². The van der Waals surface area contributed by atoms with Gasteiger partial charge in [-0.15, -0.1) is 0 Å². The van der Waals surface area contributed by atoms with Crippen molar-refractivity contribution in [3.63, 3.8) is 0 Å². The molecular formula is C11H16N4O2. The van der Waals surface area contributed by atoms with Crippen molar-refractivity contribution in [1.82, 2.24) is 15.3 Å². The normalized spacial score (nSPS) is 10.5. The quantitative estimate of drug-likeness (QED) is 0.676. The summed E-state index contributed by atoms with van der Waals surface area (Å²) in [5, 5.41) is 2.62. The second-order valence-electron chi connectivity index (χ2n) is 3.15. The fourth-order valence-corrected chi connectivity index (χ4v) is 1.04. The summed E-state index contributed by atoms with van der Waals surface area (Å²) in [6, 6.07) is 0.331. The molecule has 1 rings (SSSR count). The van der Waals surface area contributed by atoms with Crippen LogP contribution in [0.2, 0.25) is 0 Å². The van der Waals surface area contributed by atoms with E-state index in [1.165, 1.54) is 6.08 Å². The molecule has 1 aromatic heterocycles. The molecule has 0 spiro atoms. The van der Waals surface area contributed by atoms with Crippen LogP contribution >= 0.6 is 0 Å². The minimum Gasteiger partial charge on any atom is -0.464 e. The van der Waals surface area contributed by atoms with Gasteiger partial charge in [-0.2, -0.15) is 0 Å². The number of hydrogen-bond acceptors (Lipinski definition) is 5. The lowest BCUT2D eigenvalue weighted by molar-refractivity contribution is -0.116. The predicted octanol–water partition coefficient (Wildman–Crippen LogP) is -0.0366. The maximum atomic E-state index is 11.2. The summed E-state index contributed by atoms with van der Waals surface area (Å²) in [6.07, 6.45) is 6.21. The zero-order chi connectivity index (χ0) is 12.5. The minimum atomic E-state index is -0.190. The van der Waals surface area contributed by atoms with Gasteiger partial charge >= 0.3 is 6.01 Å². The average Bonchev–Trinajstić information content (AvgIpc) is 2.36. The van der Waals surface area contributed by atoms with Crippen LogP contribution in [0.3, 0.4) is 0 Å². The molecule has 0 aliphatic carbocycles. The molecule has 0 fully saturated rings. The van der Waals surface area contributed by atoms with E-state index in [4.69, 9.17) is 10.5 Å². The third-order valence-electron chi connectivity index (χ3n) is 1.79. The fraction of sp³-hybridized carbons (Fsp3) is 0.364. The van der Waals surface area contributed by atoms with Crippen molar-refractivity contribution in [3.05, 3.63) is 24.0 Å². The van der Waals surface area contributed by atoms with Crippen LogP contribution in [0.4, 0.5) is 0 Å². The summed E-state index contributed by atoms with van der Waals surface area (Å²) >= 11 is 0. The van der Waals surface area contributed by atoms with Crippen molar-refractivity contribution >= 4 is 12.0 Å². The van der Waals surface area contributed by atoms with E-state index in [0.717, 1.165) is 5.56 Å². The second-order valence-corrected chi connectivity index (χ2v) is 3.15. The Morgan fingerprint density at radius 2 is 2.24 bits per heavy atom. The Hall–Kier alpha value is -1.95. The molecule has 6 nitrogen and oxygen atoms in total. The zero-order valence-corrected chi connectivity index (χ0v) is 9.72. The van der Waals surface area contributed by atoms with Crippen molar-refractivity contribution in [2.75, 3.05) is 19.7 Å². The standard InChI is InChI=1S/C11H16N4O2/c1-2-17-11-14-7-9(8-15-11)3-4-10(16)13-6-5-12/h3-4,7-8H,2,5-6,12H2,1H3,(H,13,16)/b4-3+. The van der Waals surface area contributed by atoms with Gasteiger partial charge in [-0.1, -0.05) is 0 Å². The summed E-state index contributed by atoms with van der Waals surface area (Å²) < 4.78 is 5.10. The number of carbonyl (C=O) groups excluding carboxylic acids is 1. The molecule has 1 aromatic rings. The van der Waals surface area contributed by atoms with Crippen LogP contribution in [-0.2, 0) is 4.79 Å². The minimum absolute atomic E-state index is 0.190. The monoisotopic (exact) mass is 236 g/mol. The molecule has 6 heteroatoms. The number of nitrogens with zero attached hydrogens (tertiary/aromatic N) is 2. The molecule has 92 valence electrons. The fourth-order valence-electron chi connectivity index (χ4n) is 1.04. The summed E-state index contributed by atoms with van der Waals surface area (Å²) in [4.78, 5) is 19.2. The molecule has 0 saturated carbocycles. The molecule has 1 heterocycles. The summed E-state index contributed by atoms with van der Waals surface area (Å²) in [5.74, 6) is -0.190. The zero-order valence-electron chi connectivity index (χ0n) is 9.72. The number of nitrogens with one attached hydrogen (secondary N) is 1. The third kappa shape index (κ3) is 5.07. The number of nitrogens with two attached hydrogens (primary N) is 1. The van der Waals surface area contributed by atoms with Gasteiger partial charge < -0.3 is 15.8 Å². The highest BCUT2D eigenvalue weighted by atomic mass is 16.5. The summed E-state index contributed by atoms with van der Waals surface area (Å²) in [5.41, 5.74) is 5.99. The largest absolute Gasteiger partial charge is 0.464 e. The van der Waals surface area contributed by atoms with Gasteiger partial charge in [0.25, 0.3) is 0 Å². The molecule has 0 atom stereocenters. The Bertz CT molecular complexity index is 376. The number of aromatic nitrogens is 2. The van der Waals surface area contributed by atoms with Gasteiger partial charge in [-0.3, -0.25) is 4.79 Å². The molecule has 0 saturated heterocycles. The first kappa shape index (κ1) is 13.1. The van der Waals surface area contributed by atoms with E-state index in [-0.39, 0.29) is 5.91 Å². The molecule has 0 bridgehead atoms. The highest BCUT2D eigenvalue weighted by molar-refractivity contribution is 5.91. The maximum absolute atomic E-state index is 11.2. The second kappa shape index (κ2) is 7.34. The molecular weight excluding hydrogens is 220 g/mol. The van der Waals surface area contributed by atoms with Crippen molar-refractivity contribution in [2.24, 2.45) is 5.73 Å². The van der Waals surface area contributed by atoms with Crippen LogP contribution in [-0.4, -0.2) is 35.6 Å². The SMILES string of the molecule is CCOc1ncc(/C=C/C(=O)NCCN)cn1. The summed E-state index contributed by atoms with van der Waals surface area (Å²) in [7, 11) is 0. The van der Waals surface area contributed by atoms with Crippen LogP contribution in [0, 0.1) is 0 Å². The average molecular weight is 236 g/mol. The first-order chi connectivity index (χ1) is 8.26. The van der Waals surface area contributed by atoms with Gasteiger partial charge in [-0.25, -0.2) is 9.97 Å². The van der Waals surface area contributed by atoms with Crippen molar-refractivity contribution < 1.29 is 9.53 Å². The van der Waals surface area contributed by atoms with Gasteiger partial charge in [0.2, 0.25) is 5.91 Å². The van der Waals surface area contributed by atoms with E-state index in [1.807, 2.05) is 6.92 Å². The van der Waals surface area contributed by atoms with E-state index >= 15 is 0 Å². The van der Waals surface area contributed by atoms with E-state index in [2.05, 4.69) is 15.3 Å². The summed E-state index contributed by atoms with van der Waals surface area (Å²) in [6.45, 7) is 3.27. The molecule has 0 aliphatic heterocycles. The van der Waals surface area contributed by atoms with Crippen LogP contribution in [0.25, 0.3) is 6.08 Å². The Labute approximate surface area is 99.9 Å².